The van der Waals surface area contributed by atoms with E-state index in [1.807, 2.05) is 6.92 Å². The summed E-state index contributed by atoms with van der Waals surface area (Å²) in [6.07, 6.45) is 3.30. The number of thiophene rings is 1. The highest BCUT2D eigenvalue weighted by molar-refractivity contribution is 8.00. The van der Waals surface area contributed by atoms with Crippen molar-refractivity contribution in [3.05, 3.63) is 50.7 Å². The molecule has 190 valence electrons. The van der Waals surface area contributed by atoms with Gasteiger partial charge in [-0.25, -0.2) is 4.79 Å². The van der Waals surface area contributed by atoms with E-state index < -0.39 is 10.9 Å². The van der Waals surface area contributed by atoms with Gasteiger partial charge in [-0.2, -0.15) is 5.26 Å². The van der Waals surface area contributed by atoms with E-state index in [1.54, 1.807) is 31.4 Å². The quantitative estimate of drug-likeness (QED) is 0.336. The zero-order chi connectivity index (χ0) is 26.0. The number of nitrogens with one attached hydrogen (secondary N) is 2. The maximum atomic E-state index is 13.3. The van der Waals surface area contributed by atoms with Gasteiger partial charge in [0.25, 0.3) is 0 Å². The maximum absolute atomic E-state index is 13.3. The van der Waals surface area contributed by atoms with Gasteiger partial charge in [-0.1, -0.05) is 27.7 Å². The largest absolute Gasteiger partial charge is 0.497 e. The van der Waals surface area contributed by atoms with Crippen molar-refractivity contribution in [1.29, 1.82) is 5.26 Å². The molecule has 0 radical (unpaired) electrons. The van der Waals surface area contributed by atoms with Crippen LogP contribution in [0.4, 0.5) is 5.00 Å². The number of aromatic amines is 1. The Morgan fingerprint density at radius 2 is 2.11 bits per heavy atom. The first-order valence-corrected chi connectivity index (χ1v) is 13.7. The standard InChI is InChI=1S/C26H30N4O4S2/c1-6-20(36-24-25(32)34-29-30(24)16-8-10-17(33-5)11-9-16)22(31)28-23-19(14-27)18-12-7-15(26(2,3)4)13-21(18)35-23/h8-11,15,20H,6-7,12-13H2,1-5H3,(H-,28,29,31,32)/p+1. The van der Waals surface area contributed by atoms with Gasteiger partial charge in [0.1, 0.15) is 16.8 Å². The van der Waals surface area contributed by atoms with E-state index in [4.69, 9.17) is 9.26 Å². The van der Waals surface area contributed by atoms with Crippen LogP contribution in [0.1, 0.15) is 56.5 Å². The summed E-state index contributed by atoms with van der Waals surface area (Å²) in [7, 11) is 1.58. The summed E-state index contributed by atoms with van der Waals surface area (Å²) in [4.78, 5) is 27.0. The molecule has 2 unspecified atom stereocenters. The van der Waals surface area contributed by atoms with Crippen molar-refractivity contribution in [2.75, 3.05) is 12.4 Å². The third-order valence-electron chi connectivity index (χ3n) is 6.69. The highest BCUT2D eigenvalue weighted by Crippen LogP contribution is 2.44. The third-order valence-corrected chi connectivity index (χ3v) is 9.27. The molecule has 0 spiro atoms. The molecule has 1 amide bonds. The normalized spacial score (nSPS) is 16.2. The molecule has 1 aromatic carbocycles. The van der Waals surface area contributed by atoms with Gasteiger partial charge in [0.15, 0.2) is 0 Å². The molecule has 1 aliphatic rings. The second-order valence-corrected chi connectivity index (χ2v) is 12.2. The summed E-state index contributed by atoms with van der Waals surface area (Å²) < 4.78 is 11.7. The summed E-state index contributed by atoms with van der Waals surface area (Å²) in [5.74, 6) is 0.983. The van der Waals surface area contributed by atoms with Gasteiger partial charge in [-0.05, 0) is 76.4 Å². The van der Waals surface area contributed by atoms with Crippen molar-refractivity contribution in [3.8, 4) is 17.5 Å². The lowest BCUT2D eigenvalue weighted by atomic mass is 9.72. The first-order chi connectivity index (χ1) is 17.2. The fourth-order valence-electron chi connectivity index (χ4n) is 4.45. The van der Waals surface area contributed by atoms with E-state index in [9.17, 15) is 14.9 Å². The molecule has 2 heterocycles. The van der Waals surface area contributed by atoms with E-state index in [0.717, 1.165) is 36.6 Å². The average molecular weight is 528 g/mol. The molecule has 2 aromatic heterocycles. The van der Waals surface area contributed by atoms with Crippen LogP contribution in [-0.4, -0.2) is 23.5 Å². The Labute approximate surface area is 218 Å². The third kappa shape index (κ3) is 5.22. The lowest BCUT2D eigenvalue weighted by Crippen LogP contribution is -2.37. The van der Waals surface area contributed by atoms with Crippen LogP contribution in [0.5, 0.6) is 5.75 Å². The first kappa shape index (κ1) is 26.0. The molecule has 36 heavy (non-hydrogen) atoms. The number of benzene rings is 1. The number of methoxy groups -OCH3 is 1. The molecule has 0 saturated carbocycles. The number of nitriles is 1. The van der Waals surface area contributed by atoms with Crippen LogP contribution in [0.15, 0.2) is 38.6 Å². The van der Waals surface area contributed by atoms with Crippen LogP contribution in [0.3, 0.4) is 0 Å². The Kier molecular flexibility index (Phi) is 7.62. The van der Waals surface area contributed by atoms with E-state index in [0.29, 0.717) is 34.3 Å². The van der Waals surface area contributed by atoms with Gasteiger partial charge in [0, 0.05) is 17.0 Å². The minimum Gasteiger partial charge on any atom is -0.497 e. The van der Waals surface area contributed by atoms with Crippen molar-refractivity contribution >= 4 is 34.0 Å². The molecule has 2 N–H and O–H groups in total. The minimum absolute atomic E-state index is 0.193. The van der Waals surface area contributed by atoms with Crippen molar-refractivity contribution in [2.24, 2.45) is 11.3 Å². The number of rotatable bonds is 7. The Hall–Kier alpha value is -3.03. The van der Waals surface area contributed by atoms with Gasteiger partial charge < -0.3 is 10.1 Å². The number of aromatic nitrogens is 2. The Morgan fingerprint density at radius 3 is 2.72 bits per heavy atom. The van der Waals surface area contributed by atoms with E-state index in [2.05, 4.69) is 37.4 Å². The molecule has 0 fully saturated rings. The van der Waals surface area contributed by atoms with E-state index >= 15 is 0 Å². The molecular weight excluding hydrogens is 496 g/mol. The van der Waals surface area contributed by atoms with Crippen molar-refractivity contribution in [1.82, 2.24) is 5.27 Å². The monoisotopic (exact) mass is 527 g/mol. The molecule has 0 bridgehead atoms. The molecule has 2 atom stereocenters. The molecule has 0 aliphatic heterocycles. The van der Waals surface area contributed by atoms with Gasteiger partial charge in [0.05, 0.1) is 17.9 Å². The van der Waals surface area contributed by atoms with Crippen LogP contribution in [0.25, 0.3) is 5.69 Å². The lowest BCUT2D eigenvalue weighted by Gasteiger charge is -2.33. The maximum Gasteiger partial charge on any atom is 0.442 e. The number of ether oxygens (including phenoxy) is 1. The molecule has 1 aliphatic carbocycles. The number of hydrogen-bond acceptors (Lipinski definition) is 7. The number of carbonyl (C=O) groups is 1. The average Bonchev–Trinajstić information content (AvgIpc) is 3.40. The van der Waals surface area contributed by atoms with Crippen molar-refractivity contribution in [2.45, 2.75) is 63.7 Å². The highest BCUT2D eigenvalue weighted by atomic mass is 32.2. The van der Waals surface area contributed by atoms with E-state index in [-0.39, 0.29) is 16.3 Å². The first-order valence-electron chi connectivity index (χ1n) is 12.0. The number of thioether (sulfide) groups is 1. The predicted molar refractivity (Wildman–Crippen MR) is 140 cm³/mol. The molecule has 4 rings (SSSR count). The molecule has 3 aromatic rings. The fraction of sp³-hybridized carbons (Fsp3) is 0.462. The fourth-order valence-corrected chi connectivity index (χ4v) is 6.72. The van der Waals surface area contributed by atoms with Crippen LogP contribution < -0.4 is 20.4 Å². The van der Waals surface area contributed by atoms with Gasteiger partial charge in [-0.15, -0.1) is 11.3 Å². The molecular formula is C26H31N4O4S2+. The summed E-state index contributed by atoms with van der Waals surface area (Å²) >= 11 is 2.65. The Bertz CT molecular complexity index is 1340. The predicted octanol–water partition coefficient (Wildman–Crippen LogP) is 4.85. The SMILES string of the molecule is CCC(Sc1c(=O)o[nH][n+]1-c1ccc(OC)cc1)C(=O)Nc1sc2c(c1C#N)CCC(C(C)(C)C)C2. The molecule has 0 saturated heterocycles. The number of anilines is 1. The van der Waals surface area contributed by atoms with Gasteiger partial charge in [0.2, 0.25) is 11.6 Å². The number of carbonyl (C=O) groups excluding carboxylic acids is 1. The van der Waals surface area contributed by atoms with Gasteiger partial charge >= 0.3 is 10.7 Å². The number of fused-ring (bicyclic) bond motifs is 1. The zero-order valence-corrected chi connectivity index (χ0v) is 22.8. The topological polar surface area (TPSA) is 112 Å². The highest BCUT2D eigenvalue weighted by Gasteiger charge is 2.34. The smallest absolute Gasteiger partial charge is 0.442 e. The van der Waals surface area contributed by atoms with Crippen LogP contribution in [-0.2, 0) is 17.6 Å². The summed E-state index contributed by atoms with van der Waals surface area (Å²) in [5.41, 5.74) is 1.96. The zero-order valence-electron chi connectivity index (χ0n) is 21.1. The number of hydrogen-bond donors (Lipinski definition) is 2. The Balaban J connectivity index is 1.55. The summed E-state index contributed by atoms with van der Waals surface area (Å²) in [6.45, 7) is 8.65. The molecule has 8 nitrogen and oxygen atoms in total. The van der Waals surface area contributed by atoms with Gasteiger partial charge in [-0.3, -0.25) is 9.32 Å². The number of nitrogens with zero attached hydrogens (tertiary/aromatic N) is 2. The van der Waals surface area contributed by atoms with Crippen LogP contribution >= 0.6 is 23.1 Å². The number of amides is 1. The number of H-pyrrole nitrogens is 1. The van der Waals surface area contributed by atoms with Crippen molar-refractivity contribution < 1.29 is 18.7 Å². The summed E-state index contributed by atoms with van der Waals surface area (Å²) in [6, 6.07) is 9.45. The lowest BCUT2D eigenvalue weighted by molar-refractivity contribution is -0.704. The Morgan fingerprint density at radius 1 is 1.39 bits per heavy atom. The second kappa shape index (κ2) is 10.5. The minimum atomic E-state index is -0.556. The van der Waals surface area contributed by atoms with Crippen molar-refractivity contribution in [3.63, 3.8) is 0 Å². The molecule has 10 heteroatoms. The second-order valence-electron chi connectivity index (χ2n) is 9.95. The summed E-state index contributed by atoms with van der Waals surface area (Å²) in [5, 5.41) is 15.8. The van der Waals surface area contributed by atoms with Crippen LogP contribution in [0.2, 0.25) is 0 Å². The van der Waals surface area contributed by atoms with Crippen LogP contribution in [0, 0.1) is 22.7 Å². The van der Waals surface area contributed by atoms with E-state index in [1.165, 1.54) is 20.9 Å².